The molecule has 0 aliphatic carbocycles. The maximum Gasteiger partial charge on any atom is 0.257 e. The molecule has 2 aromatic carbocycles. The van der Waals surface area contributed by atoms with Crippen molar-refractivity contribution in [3.63, 3.8) is 0 Å². The van der Waals surface area contributed by atoms with Crippen LogP contribution in [0.1, 0.15) is 48.8 Å². The number of aromatic nitrogens is 2. The number of halogens is 1. The van der Waals surface area contributed by atoms with Crippen LogP contribution < -0.4 is 5.32 Å². The van der Waals surface area contributed by atoms with Gasteiger partial charge in [0.1, 0.15) is 18.2 Å². The Balaban J connectivity index is 1.86. The molecule has 0 spiro atoms. The lowest BCUT2D eigenvalue weighted by Crippen LogP contribution is -2.39. The smallest absolute Gasteiger partial charge is 0.257 e. The average Bonchev–Trinajstić information content (AvgIpc) is 3.23. The van der Waals surface area contributed by atoms with Gasteiger partial charge in [0.15, 0.2) is 0 Å². The van der Waals surface area contributed by atoms with Gasteiger partial charge in [0.05, 0.1) is 16.9 Å². The first kappa shape index (κ1) is 26.1. The molecule has 0 aliphatic rings. The molecule has 186 valence electrons. The molecule has 0 saturated carbocycles. The molecule has 0 atom stereocenters. The lowest BCUT2D eigenvalue weighted by Gasteiger charge is -2.22. The number of methoxy groups -OCH3 is 1. The number of ether oxygens (including phenoxy) is 1. The number of hydrogen-bond acceptors (Lipinski definition) is 4. The highest BCUT2D eigenvalue weighted by molar-refractivity contribution is 5.99. The first-order chi connectivity index (χ1) is 16.6. The minimum Gasteiger partial charge on any atom is -0.385 e. The fraction of sp³-hybridized carbons (Fsp3) is 0.370. The van der Waals surface area contributed by atoms with Gasteiger partial charge in [0.25, 0.3) is 5.91 Å². The largest absolute Gasteiger partial charge is 0.385 e. The van der Waals surface area contributed by atoms with Crippen LogP contribution in [0, 0.1) is 12.7 Å². The van der Waals surface area contributed by atoms with E-state index in [1.165, 1.54) is 23.1 Å². The van der Waals surface area contributed by atoms with Crippen molar-refractivity contribution in [1.29, 1.82) is 0 Å². The highest BCUT2D eigenvalue weighted by Crippen LogP contribution is 2.26. The number of carbonyl (C=O) groups is 2. The van der Waals surface area contributed by atoms with E-state index in [1.54, 1.807) is 17.9 Å². The summed E-state index contributed by atoms with van der Waals surface area (Å²) < 4.78 is 21.0. The Morgan fingerprint density at radius 2 is 1.80 bits per heavy atom. The Labute approximate surface area is 205 Å². The van der Waals surface area contributed by atoms with Crippen LogP contribution >= 0.6 is 0 Å². The Hall–Kier alpha value is -3.52. The van der Waals surface area contributed by atoms with E-state index in [1.807, 2.05) is 58.0 Å². The third-order valence-corrected chi connectivity index (χ3v) is 5.53. The zero-order valence-corrected chi connectivity index (χ0v) is 21.0. The predicted molar refractivity (Wildman–Crippen MR) is 134 cm³/mol. The van der Waals surface area contributed by atoms with Gasteiger partial charge in [0, 0.05) is 31.7 Å². The molecule has 0 fully saturated rings. The van der Waals surface area contributed by atoms with E-state index < -0.39 is 17.6 Å². The molecule has 0 saturated heterocycles. The number of amides is 2. The van der Waals surface area contributed by atoms with Gasteiger partial charge < -0.3 is 15.0 Å². The van der Waals surface area contributed by atoms with Crippen molar-refractivity contribution in [2.45, 2.75) is 39.5 Å². The van der Waals surface area contributed by atoms with E-state index in [0.29, 0.717) is 18.8 Å². The van der Waals surface area contributed by atoms with Crippen LogP contribution in [0.5, 0.6) is 0 Å². The average molecular weight is 481 g/mol. The third-order valence-electron chi connectivity index (χ3n) is 5.53. The zero-order chi connectivity index (χ0) is 25.6. The van der Waals surface area contributed by atoms with Crippen LogP contribution in [0.25, 0.3) is 5.69 Å². The van der Waals surface area contributed by atoms with Crippen LogP contribution in [-0.2, 0) is 14.9 Å². The van der Waals surface area contributed by atoms with Crippen molar-refractivity contribution in [1.82, 2.24) is 14.7 Å². The van der Waals surface area contributed by atoms with Crippen LogP contribution in [-0.4, -0.2) is 53.3 Å². The number of aryl methyl sites for hydroxylation is 1. The molecule has 7 nitrogen and oxygen atoms in total. The molecule has 0 bridgehead atoms. The molecule has 1 heterocycles. The lowest BCUT2D eigenvalue weighted by atomic mass is 9.92. The number of nitrogens with zero attached hydrogens (tertiary/aromatic N) is 3. The normalized spacial score (nSPS) is 11.4. The minimum absolute atomic E-state index is 0.0718. The van der Waals surface area contributed by atoms with Gasteiger partial charge in [0.2, 0.25) is 5.91 Å². The zero-order valence-electron chi connectivity index (χ0n) is 21.0. The van der Waals surface area contributed by atoms with E-state index in [9.17, 15) is 14.0 Å². The standard InChI is InChI=1S/C27H33FN4O3/c1-19-11-13-20(14-12-19)32-24(17-23(30-32)27(2,3)4)29-25(33)18-31(15-8-16-35-5)26(34)21-9-6-7-10-22(21)28/h6-7,9-14,17H,8,15-16,18H2,1-5H3,(H,29,33). The molecular weight excluding hydrogens is 447 g/mol. The van der Waals surface area contributed by atoms with Crippen LogP contribution in [0.4, 0.5) is 10.2 Å². The van der Waals surface area contributed by atoms with Crippen LogP contribution in [0.3, 0.4) is 0 Å². The molecular formula is C27H33FN4O3. The second kappa shape index (κ2) is 11.3. The summed E-state index contributed by atoms with van der Waals surface area (Å²) in [6.45, 7) is 8.57. The SMILES string of the molecule is COCCCN(CC(=O)Nc1cc(C(C)(C)C)nn1-c1ccc(C)cc1)C(=O)c1ccccc1F. The monoisotopic (exact) mass is 480 g/mol. The summed E-state index contributed by atoms with van der Waals surface area (Å²) in [5.74, 6) is -1.07. The Kier molecular flexibility index (Phi) is 8.40. The van der Waals surface area contributed by atoms with Crippen molar-refractivity contribution in [3.05, 3.63) is 77.2 Å². The molecule has 3 rings (SSSR count). The summed E-state index contributed by atoms with van der Waals surface area (Å²) in [6, 6.07) is 15.4. The number of rotatable bonds is 9. The minimum atomic E-state index is -0.623. The van der Waals surface area contributed by atoms with E-state index in [0.717, 1.165) is 16.9 Å². The fourth-order valence-corrected chi connectivity index (χ4v) is 3.53. The van der Waals surface area contributed by atoms with Crippen molar-refractivity contribution >= 4 is 17.6 Å². The third kappa shape index (κ3) is 6.76. The van der Waals surface area contributed by atoms with Gasteiger partial charge in [-0.05, 0) is 37.6 Å². The highest BCUT2D eigenvalue weighted by Gasteiger charge is 2.24. The van der Waals surface area contributed by atoms with Gasteiger partial charge in [-0.3, -0.25) is 9.59 Å². The summed E-state index contributed by atoms with van der Waals surface area (Å²) in [6.07, 6.45) is 0.513. The number of nitrogens with one attached hydrogen (secondary N) is 1. The van der Waals surface area contributed by atoms with Gasteiger partial charge in [-0.1, -0.05) is 50.6 Å². The molecule has 1 N–H and O–H groups in total. The van der Waals surface area contributed by atoms with Crippen molar-refractivity contribution in [2.75, 3.05) is 32.1 Å². The van der Waals surface area contributed by atoms with Crippen molar-refractivity contribution < 1.29 is 18.7 Å². The molecule has 0 unspecified atom stereocenters. The molecule has 2 amide bonds. The van der Waals surface area contributed by atoms with Crippen LogP contribution in [0.2, 0.25) is 0 Å². The molecule has 0 radical (unpaired) electrons. The van der Waals surface area contributed by atoms with Gasteiger partial charge >= 0.3 is 0 Å². The summed E-state index contributed by atoms with van der Waals surface area (Å²) in [5.41, 5.74) is 2.43. The number of hydrogen-bond donors (Lipinski definition) is 1. The van der Waals surface area contributed by atoms with Gasteiger partial charge in [-0.2, -0.15) is 5.10 Å². The molecule has 0 aliphatic heterocycles. The predicted octanol–water partition coefficient (Wildman–Crippen LogP) is 4.73. The topological polar surface area (TPSA) is 76.5 Å². The first-order valence-corrected chi connectivity index (χ1v) is 11.6. The van der Waals surface area contributed by atoms with Crippen molar-refractivity contribution in [3.8, 4) is 5.69 Å². The summed E-state index contributed by atoms with van der Waals surface area (Å²) in [5, 5.41) is 7.62. The Morgan fingerprint density at radius 1 is 1.11 bits per heavy atom. The number of carbonyl (C=O) groups excluding carboxylic acids is 2. The Bertz CT molecular complexity index is 1170. The van der Waals surface area contributed by atoms with E-state index >= 15 is 0 Å². The fourth-order valence-electron chi connectivity index (χ4n) is 3.53. The van der Waals surface area contributed by atoms with Gasteiger partial charge in [-0.15, -0.1) is 0 Å². The maximum atomic E-state index is 14.3. The molecule has 1 aromatic heterocycles. The molecule has 35 heavy (non-hydrogen) atoms. The molecule has 8 heteroatoms. The highest BCUT2D eigenvalue weighted by atomic mass is 19.1. The molecule has 3 aromatic rings. The number of benzene rings is 2. The Morgan fingerprint density at radius 3 is 2.43 bits per heavy atom. The summed E-state index contributed by atoms with van der Waals surface area (Å²) in [7, 11) is 1.56. The second-order valence-electron chi connectivity index (χ2n) is 9.51. The van der Waals surface area contributed by atoms with Gasteiger partial charge in [-0.25, -0.2) is 9.07 Å². The van der Waals surface area contributed by atoms with E-state index in [-0.39, 0.29) is 24.1 Å². The van der Waals surface area contributed by atoms with E-state index in [2.05, 4.69) is 5.32 Å². The second-order valence-corrected chi connectivity index (χ2v) is 9.51. The summed E-state index contributed by atoms with van der Waals surface area (Å²) in [4.78, 5) is 27.5. The van der Waals surface area contributed by atoms with Crippen LogP contribution in [0.15, 0.2) is 54.6 Å². The number of anilines is 1. The quantitative estimate of drug-likeness (QED) is 0.449. The summed E-state index contributed by atoms with van der Waals surface area (Å²) >= 11 is 0. The van der Waals surface area contributed by atoms with E-state index in [4.69, 9.17) is 9.84 Å². The maximum absolute atomic E-state index is 14.3. The first-order valence-electron chi connectivity index (χ1n) is 11.6. The lowest BCUT2D eigenvalue weighted by molar-refractivity contribution is -0.117. The van der Waals surface area contributed by atoms with Crippen molar-refractivity contribution in [2.24, 2.45) is 0 Å².